The number of hydrogen-bond acceptors (Lipinski definition) is 8. The molecular formula is C28H27N5O4. The summed E-state index contributed by atoms with van der Waals surface area (Å²) >= 11 is 0. The summed E-state index contributed by atoms with van der Waals surface area (Å²) in [5, 5.41) is 3.41. The van der Waals surface area contributed by atoms with Gasteiger partial charge in [-0.05, 0) is 29.8 Å². The van der Waals surface area contributed by atoms with Crippen LogP contribution in [0.4, 0.5) is 11.4 Å². The van der Waals surface area contributed by atoms with E-state index in [1.54, 1.807) is 31.8 Å². The topological polar surface area (TPSA) is 102 Å². The third kappa shape index (κ3) is 4.85. The first-order valence-electron chi connectivity index (χ1n) is 12.2. The number of aromatic amines is 1. The number of anilines is 2. The first kappa shape index (κ1) is 23.1. The molecule has 2 aliphatic heterocycles. The van der Waals surface area contributed by atoms with Crippen molar-refractivity contribution in [3.8, 4) is 17.4 Å². The molecule has 4 aromatic rings. The molecule has 0 spiro atoms. The highest BCUT2D eigenvalue weighted by Crippen LogP contribution is 2.43. The fourth-order valence-electron chi connectivity index (χ4n) is 4.80. The van der Waals surface area contributed by atoms with E-state index in [0.717, 1.165) is 58.2 Å². The molecule has 0 bridgehead atoms. The number of nitrogens with one attached hydrogen (secondary N) is 2. The number of H-pyrrole nitrogens is 1. The number of fused-ring (bicyclic) bond motifs is 2. The van der Waals surface area contributed by atoms with Gasteiger partial charge in [0.05, 0.1) is 38.3 Å². The first-order valence-corrected chi connectivity index (χ1v) is 12.2. The summed E-state index contributed by atoms with van der Waals surface area (Å²) < 4.78 is 17.7. The van der Waals surface area contributed by atoms with E-state index in [-0.39, 0.29) is 11.7 Å². The van der Waals surface area contributed by atoms with Crippen LogP contribution >= 0.6 is 0 Å². The van der Waals surface area contributed by atoms with Crippen molar-refractivity contribution in [2.45, 2.75) is 19.1 Å². The Kier molecular flexibility index (Phi) is 6.20. The molecule has 2 N–H and O–H groups in total. The largest absolute Gasteiger partial charge is 0.480 e. The van der Waals surface area contributed by atoms with E-state index >= 15 is 0 Å². The summed E-state index contributed by atoms with van der Waals surface area (Å²) in [6.45, 7) is 2.51. The molecule has 9 heteroatoms. The molecule has 0 saturated carbocycles. The number of nitrogens with zero attached hydrogens (tertiary/aromatic N) is 3. The maximum Gasteiger partial charge on any atom is 0.249 e. The molecule has 0 amide bonds. The van der Waals surface area contributed by atoms with Crippen molar-refractivity contribution >= 4 is 11.4 Å². The Morgan fingerprint density at radius 1 is 1.14 bits per heavy atom. The van der Waals surface area contributed by atoms with Gasteiger partial charge in [-0.2, -0.15) is 0 Å². The molecule has 0 radical (unpaired) electrons. The fraction of sp³-hybridized carbons (Fsp3) is 0.250. The zero-order chi connectivity index (χ0) is 25.2. The molecule has 0 aliphatic carbocycles. The predicted octanol–water partition coefficient (Wildman–Crippen LogP) is 4.06. The van der Waals surface area contributed by atoms with Gasteiger partial charge in [0.1, 0.15) is 17.6 Å². The van der Waals surface area contributed by atoms with Gasteiger partial charge in [-0.25, -0.2) is 4.98 Å². The van der Waals surface area contributed by atoms with Crippen molar-refractivity contribution in [1.29, 1.82) is 0 Å². The van der Waals surface area contributed by atoms with E-state index in [0.29, 0.717) is 25.6 Å². The van der Waals surface area contributed by atoms with Gasteiger partial charge >= 0.3 is 0 Å². The number of rotatable bonds is 6. The Labute approximate surface area is 214 Å². The van der Waals surface area contributed by atoms with Gasteiger partial charge in [0.15, 0.2) is 0 Å². The second kappa shape index (κ2) is 9.94. The first-order chi connectivity index (χ1) is 18.2. The number of methoxy groups -OCH3 is 1. The Bertz CT molecular complexity index is 1470. The summed E-state index contributed by atoms with van der Waals surface area (Å²) in [5.41, 5.74) is 5.87. The van der Waals surface area contributed by atoms with E-state index in [1.807, 2.05) is 18.2 Å². The average molecular weight is 498 g/mol. The smallest absolute Gasteiger partial charge is 0.249 e. The zero-order valence-electron chi connectivity index (χ0n) is 20.4. The Balaban J connectivity index is 1.18. The maximum atomic E-state index is 11.8. The second-order valence-electron chi connectivity index (χ2n) is 9.06. The molecule has 2 aromatic carbocycles. The lowest BCUT2D eigenvalue weighted by Crippen LogP contribution is -2.39. The van der Waals surface area contributed by atoms with Crippen LogP contribution in [0.1, 0.15) is 28.5 Å². The Hall–Kier alpha value is -4.37. The summed E-state index contributed by atoms with van der Waals surface area (Å²) in [7, 11) is 1.57. The molecular weight excluding hydrogens is 470 g/mol. The normalized spacial score (nSPS) is 16.4. The third-order valence-electron chi connectivity index (χ3n) is 6.68. The highest BCUT2D eigenvalue weighted by Gasteiger charge is 2.28. The number of hydrogen-bond donors (Lipinski definition) is 2. The summed E-state index contributed by atoms with van der Waals surface area (Å²) in [6, 6.07) is 15.9. The number of para-hydroxylation sites is 1. The van der Waals surface area contributed by atoms with Crippen LogP contribution in [-0.2, 0) is 17.7 Å². The fourth-order valence-corrected chi connectivity index (χ4v) is 4.80. The van der Waals surface area contributed by atoms with E-state index in [4.69, 9.17) is 14.2 Å². The van der Waals surface area contributed by atoms with Gasteiger partial charge in [0.2, 0.25) is 11.4 Å². The van der Waals surface area contributed by atoms with Gasteiger partial charge in [0, 0.05) is 54.3 Å². The van der Waals surface area contributed by atoms with Crippen LogP contribution in [0.5, 0.6) is 17.4 Å². The monoisotopic (exact) mass is 497 g/mol. The lowest BCUT2D eigenvalue weighted by atomic mass is 9.95. The standard InChI is InChI=1S/C28H27N5O4/c1-35-27-16-31-21(15-32-27)14-30-20-5-6-24-19(12-20)11-18-3-2-4-23(28(18)37-24)25-17-33(9-10-36-25)22-7-8-29-26(34)13-22/h2-8,12-13,15-16,25,30H,9-11,14,17H2,1H3,(H,29,34). The highest BCUT2D eigenvalue weighted by atomic mass is 16.5. The molecule has 4 heterocycles. The molecule has 1 fully saturated rings. The van der Waals surface area contributed by atoms with Gasteiger partial charge in [0.25, 0.3) is 0 Å². The van der Waals surface area contributed by atoms with Gasteiger partial charge in [-0.15, -0.1) is 0 Å². The molecule has 2 aliphatic rings. The second-order valence-corrected chi connectivity index (χ2v) is 9.06. The van der Waals surface area contributed by atoms with Crippen LogP contribution in [-0.4, -0.2) is 41.8 Å². The van der Waals surface area contributed by atoms with E-state index in [1.165, 1.54) is 0 Å². The average Bonchev–Trinajstić information content (AvgIpc) is 2.95. The van der Waals surface area contributed by atoms with Crippen molar-refractivity contribution in [3.05, 3.63) is 99.9 Å². The van der Waals surface area contributed by atoms with Crippen molar-refractivity contribution < 1.29 is 14.2 Å². The van der Waals surface area contributed by atoms with Crippen LogP contribution in [0.25, 0.3) is 0 Å². The maximum absolute atomic E-state index is 11.8. The lowest BCUT2D eigenvalue weighted by Gasteiger charge is -2.36. The summed E-state index contributed by atoms with van der Waals surface area (Å²) in [5.74, 6) is 2.20. The van der Waals surface area contributed by atoms with E-state index in [9.17, 15) is 4.79 Å². The van der Waals surface area contributed by atoms with Crippen molar-refractivity contribution in [1.82, 2.24) is 15.0 Å². The van der Waals surface area contributed by atoms with Gasteiger partial charge in [-0.1, -0.05) is 18.2 Å². The van der Waals surface area contributed by atoms with Crippen LogP contribution in [0.3, 0.4) is 0 Å². The molecule has 6 rings (SSSR count). The van der Waals surface area contributed by atoms with Crippen LogP contribution < -0.4 is 25.2 Å². The lowest BCUT2D eigenvalue weighted by molar-refractivity contribution is 0.0384. The summed E-state index contributed by atoms with van der Waals surface area (Å²) in [6.07, 6.45) is 5.60. The van der Waals surface area contributed by atoms with Crippen molar-refractivity contribution in [3.63, 3.8) is 0 Å². The van der Waals surface area contributed by atoms with E-state index in [2.05, 4.69) is 49.4 Å². The van der Waals surface area contributed by atoms with Gasteiger partial charge in [-0.3, -0.25) is 9.78 Å². The predicted molar refractivity (Wildman–Crippen MR) is 140 cm³/mol. The molecule has 2 aromatic heterocycles. The molecule has 1 unspecified atom stereocenters. The van der Waals surface area contributed by atoms with Crippen molar-refractivity contribution in [2.75, 3.05) is 37.0 Å². The Morgan fingerprint density at radius 3 is 2.92 bits per heavy atom. The molecule has 1 saturated heterocycles. The highest BCUT2D eigenvalue weighted by molar-refractivity contribution is 5.59. The third-order valence-corrected chi connectivity index (χ3v) is 6.68. The quantitative estimate of drug-likeness (QED) is 0.362. The molecule has 1 atom stereocenters. The number of benzene rings is 2. The van der Waals surface area contributed by atoms with Crippen LogP contribution in [0.15, 0.2) is 71.9 Å². The SMILES string of the molecule is COc1cnc(CNc2ccc3c(c2)Cc2cccc(C4CN(c5cc[nH]c(=O)c5)CCO4)c2O3)cn1. The van der Waals surface area contributed by atoms with Crippen LogP contribution in [0.2, 0.25) is 0 Å². The molecule has 9 nitrogen and oxygen atoms in total. The number of pyridine rings is 1. The minimum Gasteiger partial charge on any atom is -0.480 e. The van der Waals surface area contributed by atoms with Crippen LogP contribution in [0, 0.1) is 0 Å². The van der Waals surface area contributed by atoms with Gasteiger partial charge < -0.3 is 29.4 Å². The summed E-state index contributed by atoms with van der Waals surface area (Å²) in [4.78, 5) is 25.2. The minimum atomic E-state index is -0.156. The Morgan fingerprint density at radius 2 is 2.08 bits per heavy atom. The number of morpholine rings is 1. The van der Waals surface area contributed by atoms with E-state index < -0.39 is 0 Å². The minimum absolute atomic E-state index is 0.108. The number of aromatic nitrogens is 3. The molecule has 188 valence electrons. The number of ether oxygens (including phenoxy) is 3. The molecule has 37 heavy (non-hydrogen) atoms. The van der Waals surface area contributed by atoms with Crippen molar-refractivity contribution in [2.24, 2.45) is 0 Å². The zero-order valence-corrected chi connectivity index (χ0v) is 20.4.